The first-order chi connectivity index (χ1) is 14.0. The fourth-order valence-electron chi connectivity index (χ4n) is 3.67. The van der Waals surface area contributed by atoms with E-state index in [-0.39, 0.29) is 23.9 Å². The lowest BCUT2D eigenvalue weighted by Gasteiger charge is -2.29. The topological polar surface area (TPSA) is 88.9 Å². The highest BCUT2D eigenvalue weighted by molar-refractivity contribution is 7.99. The summed E-state index contributed by atoms with van der Waals surface area (Å²) in [6, 6.07) is 9.05. The van der Waals surface area contributed by atoms with Crippen LogP contribution in [0.15, 0.2) is 35.5 Å². The zero-order valence-electron chi connectivity index (χ0n) is 17.2. The molecule has 0 radical (unpaired) electrons. The maximum atomic E-state index is 12.4. The number of carbonyl (C=O) groups is 2. The number of thioether (sulfide) groups is 1. The average Bonchev–Trinajstić information content (AvgIpc) is 3.09. The molecule has 2 N–H and O–H groups in total. The minimum absolute atomic E-state index is 0.0312. The number of hydrogen-bond acceptors (Lipinski definition) is 5. The van der Waals surface area contributed by atoms with E-state index in [0.29, 0.717) is 28.2 Å². The third kappa shape index (κ3) is 5.59. The molecule has 0 spiro atoms. The van der Waals surface area contributed by atoms with Crippen molar-refractivity contribution >= 4 is 23.6 Å². The van der Waals surface area contributed by atoms with Crippen LogP contribution in [0.1, 0.15) is 61.8 Å². The number of nitrogens with zero attached hydrogens (tertiary/aromatic N) is 3. The lowest BCUT2D eigenvalue weighted by molar-refractivity contribution is -0.119. The van der Waals surface area contributed by atoms with Gasteiger partial charge in [-0.2, -0.15) is 0 Å². The number of aromatic nitrogens is 3. The Hall–Kier alpha value is -2.35. The van der Waals surface area contributed by atoms with Crippen molar-refractivity contribution in [2.75, 3.05) is 5.75 Å². The van der Waals surface area contributed by atoms with Crippen LogP contribution in [0.2, 0.25) is 0 Å². The van der Waals surface area contributed by atoms with Gasteiger partial charge in [0.1, 0.15) is 0 Å². The molecular formula is C21H29N5O2S. The summed E-state index contributed by atoms with van der Waals surface area (Å²) in [6.45, 7) is 4.08. The van der Waals surface area contributed by atoms with Gasteiger partial charge in [-0.3, -0.25) is 9.59 Å². The molecule has 3 atom stereocenters. The van der Waals surface area contributed by atoms with Crippen LogP contribution in [0.25, 0.3) is 0 Å². The van der Waals surface area contributed by atoms with Gasteiger partial charge in [-0.1, -0.05) is 49.7 Å². The number of rotatable bonds is 7. The fourth-order valence-corrected chi connectivity index (χ4v) is 4.40. The SMILES string of the molecule is C[C@H](NC(=O)c1ccccc1)c1nnc(SCC(=O)N[C@@H]2CCCC[C@@H]2C)n1C. The van der Waals surface area contributed by atoms with E-state index in [2.05, 4.69) is 27.8 Å². The maximum absolute atomic E-state index is 12.4. The van der Waals surface area contributed by atoms with Crippen molar-refractivity contribution in [1.29, 1.82) is 0 Å². The molecule has 0 bridgehead atoms. The summed E-state index contributed by atoms with van der Waals surface area (Å²) in [5.41, 5.74) is 0.602. The molecule has 1 aliphatic rings. The zero-order valence-corrected chi connectivity index (χ0v) is 18.0. The third-order valence-electron chi connectivity index (χ3n) is 5.43. The summed E-state index contributed by atoms with van der Waals surface area (Å²) in [4.78, 5) is 24.7. The molecule has 2 aromatic rings. The standard InChI is InChI=1S/C21H29N5O2S/c1-14-9-7-8-12-17(14)23-18(27)13-29-21-25-24-19(26(21)3)15(2)22-20(28)16-10-5-4-6-11-16/h4-6,10-11,14-15,17H,7-9,12-13H2,1-3H3,(H,22,28)(H,23,27)/t14-,15-,17+/m0/s1. The molecule has 1 aliphatic carbocycles. The number of benzene rings is 1. The number of nitrogens with one attached hydrogen (secondary N) is 2. The van der Waals surface area contributed by atoms with Crippen molar-refractivity contribution in [2.45, 2.75) is 56.8 Å². The molecule has 1 fully saturated rings. The smallest absolute Gasteiger partial charge is 0.251 e. The summed E-state index contributed by atoms with van der Waals surface area (Å²) in [5, 5.41) is 15.2. The number of amides is 2. The second-order valence-corrected chi connectivity index (χ2v) is 8.63. The Morgan fingerprint density at radius 3 is 2.66 bits per heavy atom. The summed E-state index contributed by atoms with van der Waals surface area (Å²) < 4.78 is 1.83. The predicted octanol–water partition coefficient (Wildman–Crippen LogP) is 3.09. The lowest BCUT2D eigenvalue weighted by atomic mass is 9.86. The minimum atomic E-state index is -0.300. The quantitative estimate of drug-likeness (QED) is 0.679. The van der Waals surface area contributed by atoms with Gasteiger partial charge in [-0.15, -0.1) is 10.2 Å². The van der Waals surface area contributed by atoms with E-state index in [4.69, 9.17) is 0 Å². The van der Waals surface area contributed by atoms with Crippen molar-refractivity contribution in [2.24, 2.45) is 13.0 Å². The van der Waals surface area contributed by atoms with Crippen LogP contribution in [-0.2, 0) is 11.8 Å². The van der Waals surface area contributed by atoms with E-state index in [1.165, 1.54) is 31.0 Å². The van der Waals surface area contributed by atoms with E-state index < -0.39 is 0 Å². The predicted molar refractivity (Wildman–Crippen MR) is 114 cm³/mol. The summed E-state index contributed by atoms with van der Waals surface area (Å²) in [5.74, 6) is 1.37. The van der Waals surface area contributed by atoms with Gasteiger partial charge in [0.05, 0.1) is 11.8 Å². The van der Waals surface area contributed by atoms with Crippen LogP contribution in [0, 0.1) is 5.92 Å². The molecule has 1 heterocycles. The Labute approximate surface area is 176 Å². The van der Waals surface area contributed by atoms with E-state index >= 15 is 0 Å². The maximum Gasteiger partial charge on any atom is 0.251 e. The highest BCUT2D eigenvalue weighted by atomic mass is 32.2. The van der Waals surface area contributed by atoms with Crippen molar-refractivity contribution in [3.8, 4) is 0 Å². The highest BCUT2D eigenvalue weighted by Gasteiger charge is 2.23. The van der Waals surface area contributed by atoms with Crippen molar-refractivity contribution in [3.05, 3.63) is 41.7 Å². The van der Waals surface area contributed by atoms with Crippen LogP contribution >= 0.6 is 11.8 Å². The summed E-state index contributed by atoms with van der Waals surface area (Å²) >= 11 is 1.36. The van der Waals surface area contributed by atoms with Gasteiger partial charge >= 0.3 is 0 Å². The first-order valence-electron chi connectivity index (χ1n) is 10.1. The first-order valence-corrected chi connectivity index (χ1v) is 11.1. The molecule has 3 rings (SSSR count). The molecule has 29 heavy (non-hydrogen) atoms. The molecule has 7 nitrogen and oxygen atoms in total. The Bertz CT molecular complexity index is 839. The van der Waals surface area contributed by atoms with Gasteiger partial charge in [-0.05, 0) is 37.8 Å². The van der Waals surface area contributed by atoms with Crippen LogP contribution < -0.4 is 10.6 Å². The lowest BCUT2D eigenvalue weighted by Crippen LogP contribution is -2.41. The van der Waals surface area contributed by atoms with E-state index in [1.807, 2.05) is 36.7 Å². The summed E-state index contributed by atoms with van der Waals surface area (Å²) in [7, 11) is 1.85. The van der Waals surface area contributed by atoms with Crippen molar-refractivity contribution in [3.63, 3.8) is 0 Å². The van der Waals surface area contributed by atoms with Crippen LogP contribution in [-0.4, -0.2) is 38.4 Å². The van der Waals surface area contributed by atoms with E-state index in [9.17, 15) is 9.59 Å². The van der Waals surface area contributed by atoms with Crippen molar-refractivity contribution in [1.82, 2.24) is 25.4 Å². The monoisotopic (exact) mass is 415 g/mol. The van der Waals surface area contributed by atoms with Crippen LogP contribution in [0.5, 0.6) is 0 Å². The average molecular weight is 416 g/mol. The molecule has 0 unspecified atom stereocenters. The van der Waals surface area contributed by atoms with Gasteiger partial charge in [0.25, 0.3) is 5.91 Å². The third-order valence-corrected chi connectivity index (χ3v) is 6.45. The Kier molecular flexibility index (Phi) is 7.30. The van der Waals surface area contributed by atoms with Gasteiger partial charge in [0.2, 0.25) is 5.91 Å². The van der Waals surface area contributed by atoms with Gasteiger partial charge in [0.15, 0.2) is 11.0 Å². The molecular weight excluding hydrogens is 386 g/mol. The summed E-state index contributed by atoms with van der Waals surface area (Å²) in [6.07, 6.45) is 4.67. The van der Waals surface area contributed by atoms with E-state index in [0.717, 1.165) is 6.42 Å². The Morgan fingerprint density at radius 1 is 1.21 bits per heavy atom. The number of carbonyl (C=O) groups excluding carboxylic acids is 2. The molecule has 156 valence electrons. The Balaban J connectivity index is 1.53. The molecule has 2 amide bonds. The molecule has 0 aliphatic heterocycles. The van der Waals surface area contributed by atoms with Gasteiger partial charge < -0.3 is 15.2 Å². The minimum Gasteiger partial charge on any atom is -0.352 e. The fraction of sp³-hybridized carbons (Fsp3) is 0.524. The first kappa shape index (κ1) is 21.4. The number of hydrogen-bond donors (Lipinski definition) is 2. The normalized spacial score (nSPS) is 20.1. The van der Waals surface area contributed by atoms with E-state index in [1.54, 1.807) is 12.1 Å². The molecule has 1 aromatic carbocycles. The second kappa shape index (κ2) is 9.91. The molecule has 1 saturated carbocycles. The van der Waals surface area contributed by atoms with Gasteiger partial charge in [0, 0.05) is 18.7 Å². The van der Waals surface area contributed by atoms with Crippen LogP contribution in [0.3, 0.4) is 0 Å². The second-order valence-electron chi connectivity index (χ2n) is 7.69. The zero-order chi connectivity index (χ0) is 20.8. The van der Waals surface area contributed by atoms with Crippen molar-refractivity contribution < 1.29 is 9.59 Å². The molecule has 0 saturated heterocycles. The molecule has 8 heteroatoms. The Morgan fingerprint density at radius 2 is 1.93 bits per heavy atom. The van der Waals surface area contributed by atoms with Crippen LogP contribution in [0.4, 0.5) is 0 Å². The highest BCUT2D eigenvalue weighted by Crippen LogP contribution is 2.24. The largest absolute Gasteiger partial charge is 0.352 e. The van der Waals surface area contributed by atoms with Gasteiger partial charge in [-0.25, -0.2) is 0 Å². The molecule has 1 aromatic heterocycles.